The Morgan fingerprint density at radius 1 is 1.29 bits per heavy atom. The van der Waals surface area contributed by atoms with Gasteiger partial charge >= 0.3 is 5.97 Å². The fraction of sp³-hybridized carbons (Fsp3) is 0.581. The molecular weight excluding hydrogens is 538 g/mol. The maximum Gasteiger partial charge on any atom is 0.312 e. The molecule has 42 heavy (non-hydrogen) atoms. The molecule has 226 valence electrons. The predicted molar refractivity (Wildman–Crippen MR) is 155 cm³/mol. The summed E-state index contributed by atoms with van der Waals surface area (Å²) >= 11 is 0. The van der Waals surface area contributed by atoms with E-state index in [0.29, 0.717) is 37.6 Å². The highest BCUT2D eigenvalue weighted by molar-refractivity contribution is 5.98. The van der Waals surface area contributed by atoms with E-state index in [1.807, 2.05) is 38.1 Å². The third-order valence-electron chi connectivity index (χ3n) is 8.77. The number of para-hydroxylation sites is 1. The lowest BCUT2D eigenvalue weighted by molar-refractivity contribution is -0.157. The van der Waals surface area contributed by atoms with Gasteiger partial charge in [0.2, 0.25) is 11.8 Å². The Hall–Kier alpha value is -3.57. The number of amides is 2. The fourth-order valence-corrected chi connectivity index (χ4v) is 7.08. The second-order valence-electron chi connectivity index (χ2n) is 11.9. The molecule has 2 aromatic rings. The van der Waals surface area contributed by atoms with Gasteiger partial charge in [0.15, 0.2) is 0 Å². The molecule has 0 aliphatic carbocycles. The zero-order valence-corrected chi connectivity index (χ0v) is 24.4. The lowest BCUT2D eigenvalue weighted by Crippen LogP contribution is -2.59. The van der Waals surface area contributed by atoms with Crippen LogP contribution in [-0.4, -0.2) is 91.2 Å². The number of unbranched alkanes of at least 4 members (excludes halogenated alkanes) is 1. The Bertz CT molecular complexity index is 1340. The molecule has 6 atom stereocenters. The van der Waals surface area contributed by atoms with Crippen LogP contribution in [-0.2, 0) is 30.5 Å². The number of fused-ring (bicyclic) bond motifs is 2. The lowest BCUT2D eigenvalue weighted by atomic mass is 9.70. The van der Waals surface area contributed by atoms with Crippen LogP contribution in [0, 0.1) is 17.8 Å². The molecule has 3 fully saturated rings. The Kier molecular flexibility index (Phi) is 8.79. The standard InChI is InChI=1S/C31H41N5O6/c1-5-7-10-16-41-30(40)25-24-13-14-31(42-24)26(25)28(38)36(21(18-37)17-20(3)4)27(31)29(39)34(15-6-2)19-35-23-12-9-8-11-22(23)32-33-35/h5-6,8-9,11-12,20-21,24-27,37H,1-2,7,10,13-19H2,3-4H3/t21-,24+,25-,26+,27?,31?/m1/s1. The molecule has 0 saturated carbocycles. The molecule has 2 amide bonds. The third kappa shape index (κ3) is 5.13. The number of aliphatic hydroxyl groups is 1. The molecule has 11 heteroatoms. The van der Waals surface area contributed by atoms with Crippen molar-refractivity contribution < 1.29 is 29.0 Å². The number of hydrogen-bond donors (Lipinski definition) is 1. The van der Waals surface area contributed by atoms with Gasteiger partial charge in [0.25, 0.3) is 0 Å². The van der Waals surface area contributed by atoms with Crippen LogP contribution >= 0.6 is 0 Å². The highest BCUT2D eigenvalue weighted by atomic mass is 16.6. The van der Waals surface area contributed by atoms with Crippen LogP contribution in [0.2, 0.25) is 0 Å². The van der Waals surface area contributed by atoms with Crippen LogP contribution in [0.15, 0.2) is 49.6 Å². The first-order valence-corrected chi connectivity index (χ1v) is 14.8. The van der Waals surface area contributed by atoms with E-state index in [4.69, 9.17) is 9.47 Å². The van der Waals surface area contributed by atoms with Gasteiger partial charge < -0.3 is 24.4 Å². The van der Waals surface area contributed by atoms with Crippen molar-refractivity contribution in [2.24, 2.45) is 17.8 Å². The number of hydrogen-bond acceptors (Lipinski definition) is 8. The number of esters is 1. The number of allylic oxidation sites excluding steroid dienone is 1. The molecule has 3 aliphatic rings. The fourth-order valence-electron chi connectivity index (χ4n) is 7.08. The van der Waals surface area contributed by atoms with Gasteiger partial charge in [-0.1, -0.05) is 43.3 Å². The average Bonchev–Trinajstić information content (AvgIpc) is 3.73. The summed E-state index contributed by atoms with van der Waals surface area (Å²) in [7, 11) is 0. The molecule has 5 rings (SSSR count). The van der Waals surface area contributed by atoms with E-state index >= 15 is 0 Å². The van der Waals surface area contributed by atoms with Gasteiger partial charge in [0.05, 0.1) is 42.7 Å². The third-order valence-corrected chi connectivity index (χ3v) is 8.77. The first-order chi connectivity index (χ1) is 20.3. The summed E-state index contributed by atoms with van der Waals surface area (Å²) in [5.41, 5.74) is 0.266. The molecule has 1 N–H and O–H groups in total. The van der Waals surface area contributed by atoms with Gasteiger partial charge in [-0.2, -0.15) is 0 Å². The smallest absolute Gasteiger partial charge is 0.312 e. The summed E-state index contributed by atoms with van der Waals surface area (Å²) in [6.45, 7) is 11.7. The lowest BCUT2D eigenvalue weighted by Gasteiger charge is -2.39. The molecule has 3 aliphatic heterocycles. The number of likely N-dealkylation sites (tertiary alicyclic amines) is 1. The Balaban J connectivity index is 1.51. The Morgan fingerprint density at radius 2 is 2.07 bits per heavy atom. The van der Waals surface area contributed by atoms with Crippen LogP contribution < -0.4 is 0 Å². The molecule has 1 aromatic heterocycles. The van der Waals surface area contributed by atoms with E-state index in [0.717, 1.165) is 5.52 Å². The summed E-state index contributed by atoms with van der Waals surface area (Å²) in [6.07, 6.45) is 5.71. The number of carbonyl (C=O) groups excluding carboxylic acids is 3. The van der Waals surface area contributed by atoms with Crippen molar-refractivity contribution >= 4 is 28.8 Å². The molecule has 0 radical (unpaired) electrons. The largest absolute Gasteiger partial charge is 0.465 e. The quantitative estimate of drug-likeness (QED) is 0.206. The number of nitrogens with zero attached hydrogens (tertiary/aromatic N) is 5. The molecule has 1 spiro atoms. The number of ether oxygens (including phenoxy) is 2. The number of aromatic nitrogens is 3. The average molecular weight is 580 g/mol. The minimum atomic E-state index is -1.20. The molecule has 2 unspecified atom stereocenters. The van der Waals surface area contributed by atoms with E-state index in [9.17, 15) is 19.5 Å². The van der Waals surface area contributed by atoms with Gasteiger partial charge in [-0.3, -0.25) is 14.4 Å². The highest BCUT2D eigenvalue weighted by Gasteiger charge is 2.75. The Morgan fingerprint density at radius 3 is 2.79 bits per heavy atom. The topological polar surface area (TPSA) is 127 Å². The molecule has 4 heterocycles. The van der Waals surface area contributed by atoms with E-state index in [1.165, 1.54) is 4.90 Å². The highest BCUT2D eigenvalue weighted by Crippen LogP contribution is 2.59. The zero-order valence-electron chi connectivity index (χ0n) is 24.4. The predicted octanol–water partition coefficient (Wildman–Crippen LogP) is 2.69. The van der Waals surface area contributed by atoms with Crippen LogP contribution in [0.1, 0.15) is 46.0 Å². The van der Waals surface area contributed by atoms with Crippen molar-refractivity contribution in [3.63, 3.8) is 0 Å². The molecule has 3 saturated heterocycles. The first kappa shape index (κ1) is 29.9. The maximum absolute atomic E-state index is 14.6. The van der Waals surface area contributed by atoms with Gasteiger partial charge in [-0.25, -0.2) is 4.68 Å². The normalized spacial score (nSPS) is 27.0. The molecular formula is C31H41N5O6. The second kappa shape index (κ2) is 12.3. The van der Waals surface area contributed by atoms with Crippen molar-refractivity contribution in [1.82, 2.24) is 24.8 Å². The molecule has 1 aromatic carbocycles. The van der Waals surface area contributed by atoms with Crippen molar-refractivity contribution in [3.05, 3.63) is 49.6 Å². The minimum Gasteiger partial charge on any atom is -0.465 e. The maximum atomic E-state index is 14.6. The first-order valence-electron chi connectivity index (χ1n) is 14.8. The van der Waals surface area contributed by atoms with E-state index in [2.05, 4.69) is 23.5 Å². The zero-order chi connectivity index (χ0) is 30.0. The monoisotopic (exact) mass is 579 g/mol. The van der Waals surface area contributed by atoms with E-state index in [-0.39, 0.29) is 44.2 Å². The number of benzene rings is 1. The van der Waals surface area contributed by atoms with Crippen LogP contribution in [0.5, 0.6) is 0 Å². The number of rotatable bonds is 14. The number of aliphatic hydroxyl groups excluding tert-OH is 1. The summed E-state index contributed by atoms with van der Waals surface area (Å²) < 4.78 is 13.8. The summed E-state index contributed by atoms with van der Waals surface area (Å²) in [5.74, 6) is -2.67. The van der Waals surface area contributed by atoms with Crippen molar-refractivity contribution in [2.75, 3.05) is 19.8 Å². The summed E-state index contributed by atoms with van der Waals surface area (Å²) in [4.78, 5) is 45.4. The second-order valence-corrected chi connectivity index (χ2v) is 11.9. The van der Waals surface area contributed by atoms with Crippen LogP contribution in [0.3, 0.4) is 0 Å². The summed E-state index contributed by atoms with van der Waals surface area (Å²) in [5, 5.41) is 19.0. The summed E-state index contributed by atoms with van der Waals surface area (Å²) in [6, 6.07) is 5.83. The van der Waals surface area contributed by atoms with Gasteiger partial charge in [0, 0.05) is 6.54 Å². The van der Waals surface area contributed by atoms with Crippen LogP contribution in [0.4, 0.5) is 0 Å². The number of carbonyl (C=O) groups is 3. The molecule has 2 bridgehead atoms. The Labute approximate surface area is 246 Å². The van der Waals surface area contributed by atoms with E-state index < -0.39 is 41.6 Å². The van der Waals surface area contributed by atoms with E-state index in [1.54, 1.807) is 21.7 Å². The van der Waals surface area contributed by atoms with Crippen LogP contribution in [0.25, 0.3) is 11.0 Å². The van der Waals surface area contributed by atoms with Gasteiger partial charge in [-0.15, -0.1) is 18.3 Å². The van der Waals surface area contributed by atoms with Crippen molar-refractivity contribution in [2.45, 2.75) is 76.4 Å². The molecule has 11 nitrogen and oxygen atoms in total. The van der Waals surface area contributed by atoms with Gasteiger partial charge in [-0.05, 0) is 50.2 Å². The minimum absolute atomic E-state index is 0.0802. The van der Waals surface area contributed by atoms with Crippen molar-refractivity contribution in [3.8, 4) is 0 Å². The SMILES string of the molecule is C=CCCCOC(=O)[C@@H]1[C@@H]2CCC3(O2)C(C(=O)N(CC=C)Cn2nnc4ccccc42)N([C@@H](CO)CC(C)C)C(=O)[C@H]13. The van der Waals surface area contributed by atoms with Crippen molar-refractivity contribution in [1.29, 1.82) is 0 Å². The van der Waals surface area contributed by atoms with Gasteiger partial charge in [0.1, 0.15) is 23.8 Å².